The second-order valence-electron chi connectivity index (χ2n) is 4.49. The number of hydrogen-bond donors (Lipinski definition) is 0. The summed E-state index contributed by atoms with van der Waals surface area (Å²) in [5, 5.41) is 0.374. The van der Waals surface area contributed by atoms with Gasteiger partial charge in [-0.15, -0.1) is 0 Å². The minimum Gasteiger partial charge on any atom is -0.491 e. The van der Waals surface area contributed by atoms with Crippen molar-refractivity contribution in [2.75, 3.05) is 13.7 Å². The molecule has 0 radical (unpaired) electrons. The second kappa shape index (κ2) is 8.44. The minimum absolute atomic E-state index is 0.215. The molecule has 1 aromatic rings. The van der Waals surface area contributed by atoms with Crippen LogP contribution in [0.5, 0.6) is 11.5 Å². The molecule has 1 unspecified atom stereocenters. The zero-order chi connectivity index (χ0) is 16.7. The van der Waals surface area contributed by atoms with E-state index in [1.54, 1.807) is 12.1 Å². The molecule has 0 spiro atoms. The normalized spacial score (nSPS) is 12.0. The van der Waals surface area contributed by atoms with Crippen molar-refractivity contribution >= 4 is 29.4 Å². The van der Waals surface area contributed by atoms with Crippen molar-refractivity contribution in [3.05, 3.63) is 28.8 Å². The third-order valence-corrected chi connectivity index (χ3v) is 3.09. The van der Waals surface area contributed by atoms with E-state index in [0.717, 1.165) is 0 Å². The van der Waals surface area contributed by atoms with E-state index < -0.39 is 12.1 Å². The predicted molar refractivity (Wildman–Crippen MR) is 84.4 cm³/mol. The number of halogens is 1. The number of esters is 1. The van der Waals surface area contributed by atoms with Gasteiger partial charge in [0, 0.05) is 6.08 Å². The number of Topliss-reactive ketones (excluding diaryl/α,β-unsaturated/α-hetero) is 1. The van der Waals surface area contributed by atoms with Crippen LogP contribution < -0.4 is 9.47 Å². The van der Waals surface area contributed by atoms with Gasteiger partial charge in [-0.2, -0.15) is 0 Å². The van der Waals surface area contributed by atoms with Crippen LogP contribution in [-0.4, -0.2) is 31.6 Å². The molecule has 0 aromatic heterocycles. The second-order valence-corrected chi connectivity index (χ2v) is 4.90. The molecule has 120 valence electrons. The largest absolute Gasteiger partial charge is 0.491 e. The van der Waals surface area contributed by atoms with Crippen LogP contribution >= 0.6 is 11.6 Å². The van der Waals surface area contributed by atoms with Gasteiger partial charge in [-0.3, -0.25) is 4.79 Å². The number of benzene rings is 1. The Labute approximate surface area is 134 Å². The topological polar surface area (TPSA) is 61.8 Å². The number of methoxy groups -OCH3 is 1. The Morgan fingerprint density at radius 2 is 2.05 bits per heavy atom. The fourth-order valence-corrected chi connectivity index (χ4v) is 1.90. The molecular weight excluding hydrogens is 308 g/mol. The van der Waals surface area contributed by atoms with Crippen LogP contribution in [0.4, 0.5) is 0 Å². The first-order valence-corrected chi connectivity index (χ1v) is 7.16. The molecule has 1 aromatic carbocycles. The molecule has 1 rings (SSSR count). The maximum atomic E-state index is 11.6. The molecule has 0 aliphatic heterocycles. The van der Waals surface area contributed by atoms with Crippen LogP contribution in [0.3, 0.4) is 0 Å². The lowest BCUT2D eigenvalue weighted by Gasteiger charge is -2.12. The van der Waals surface area contributed by atoms with E-state index in [2.05, 4.69) is 0 Å². The van der Waals surface area contributed by atoms with E-state index in [4.69, 9.17) is 25.8 Å². The van der Waals surface area contributed by atoms with Gasteiger partial charge in [0.2, 0.25) is 0 Å². The Morgan fingerprint density at radius 1 is 1.36 bits per heavy atom. The lowest BCUT2D eigenvalue weighted by molar-refractivity contribution is -0.148. The monoisotopic (exact) mass is 326 g/mol. The van der Waals surface area contributed by atoms with Gasteiger partial charge in [-0.1, -0.05) is 11.6 Å². The molecule has 0 heterocycles. The molecule has 0 saturated heterocycles. The third-order valence-electron chi connectivity index (χ3n) is 2.81. The highest BCUT2D eigenvalue weighted by molar-refractivity contribution is 6.32. The van der Waals surface area contributed by atoms with Crippen LogP contribution in [0, 0.1) is 0 Å². The minimum atomic E-state index is -0.768. The quantitative estimate of drug-likeness (QED) is 0.568. The van der Waals surface area contributed by atoms with E-state index in [9.17, 15) is 9.59 Å². The van der Waals surface area contributed by atoms with Crippen molar-refractivity contribution in [3.63, 3.8) is 0 Å². The first-order chi connectivity index (χ1) is 10.4. The lowest BCUT2D eigenvalue weighted by atomic mass is 10.2. The van der Waals surface area contributed by atoms with Gasteiger partial charge in [-0.05, 0) is 44.5 Å². The van der Waals surface area contributed by atoms with E-state index >= 15 is 0 Å². The SMILES string of the molecule is CCOc1cc(/C=C/C(=O)OC(C)C(C)=O)cc(Cl)c1OC. The summed E-state index contributed by atoms with van der Waals surface area (Å²) in [6, 6.07) is 3.34. The maximum absolute atomic E-state index is 11.6. The summed E-state index contributed by atoms with van der Waals surface area (Å²) in [5.41, 5.74) is 0.654. The zero-order valence-corrected chi connectivity index (χ0v) is 13.8. The van der Waals surface area contributed by atoms with Crippen molar-refractivity contribution < 1.29 is 23.8 Å². The maximum Gasteiger partial charge on any atom is 0.331 e. The summed E-state index contributed by atoms with van der Waals surface area (Å²) in [4.78, 5) is 22.6. The molecule has 22 heavy (non-hydrogen) atoms. The van der Waals surface area contributed by atoms with Crippen molar-refractivity contribution in [1.82, 2.24) is 0 Å². The number of hydrogen-bond acceptors (Lipinski definition) is 5. The highest BCUT2D eigenvalue weighted by Gasteiger charge is 2.12. The number of carbonyl (C=O) groups excluding carboxylic acids is 2. The number of ether oxygens (including phenoxy) is 3. The fraction of sp³-hybridized carbons (Fsp3) is 0.375. The smallest absolute Gasteiger partial charge is 0.331 e. The van der Waals surface area contributed by atoms with Gasteiger partial charge in [0.25, 0.3) is 0 Å². The van der Waals surface area contributed by atoms with Crippen LogP contribution in [0.1, 0.15) is 26.3 Å². The zero-order valence-electron chi connectivity index (χ0n) is 13.0. The molecule has 1 atom stereocenters. The molecule has 6 heteroatoms. The number of ketones is 1. The average Bonchev–Trinajstić information content (AvgIpc) is 2.45. The molecule has 0 aliphatic carbocycles. The molecule has 5 nitrogen and oxygen atoms in total. The summed E-state index contributed by atoms with van der Waals surface area (Å²) in [6.07, 6.45) is 1.99. The highest BCUT2D eigenvalue weighted by Crippen LogP contribution is 2.36. The summed E-state index contributed by atoms with van der Waals surface area (Å²) in [5.74, 6) is 0.108. The van der Waals surface area contributed by atoms with Crippen molar-refractivity contribution in [1.29, 1.82) is 0 Å². The van der Waals surface area contributed by atoms with Gasteiger partial charge in [0.05, 0.1) is 18.7 Å². The van der Waals surface area contributed by atoms with Crippen LogP contribution in [-0.2, 0) is 14.3 Å². The average molecular weight is 327 g/mol. The predicted octanol–water partition coefficient (Wildman–Crippen LogP) is 3.28. The molecule has 0 N–H and O–H groups in total. The molecule has 0 amide bonds. The van der Waals surface area contributed by atoms with Gasteiger partial charge in [-0.25, -0.2) is 4.79 Å². The standard InChI is InChI=1S/C16H19ClO5/c1-5-21-14-9-12(8-13(17)16(14)20-4)6-7-15(19)22-11(3)10(2)18/h6-9,11H,5H2,1-4H3/b7-6+. The molecule has 0 fully saturated rings. The molecule has 0 saturated carbocycles. The van der Waals surface area contributed by atoms with Crippen LogP contribution in [0.15, 0.2) is 18.2 Å². The number of rotatable bonds is 7. The molecular formula is C16H19ClO5. The number of carbonyl (C=O) groups is 2. The third kappa shape index (κ3) is 5.07. The Kier molecular flexibility index (Phi) is 6.92. The van der Waals surface area contributed by atoms with Crippen LogP contribution in [0.2, 0.25) is 5.02 Å². The van der Waals surface area contributed by atoms with Crippen molar-refractivity contribution in [2.24, 2.45) is 0 Å². The first-order valence-electron chi connectivity index (χ1n) is 6.78. The van der Waals surface area contributed by atoms with Crippen LogP contribution in [0.25, 0.3) is 6.08 Å². The summed E-state index contributed by atoms with van der Waals surface area (Å²) >= 11 is 6.11. The van der Waals surface area contributed by atoms with E-state index in [-0.39, 0.29) is 5.78 Å². The van der Waals surface area contributed by atoms with Gasteiger partial charge in [0.1, 0.15) is 0 Å². The summed E-state index contributed by atoms with van der Waals surface area (Å²) in [6.45, 7) is 5.18. The van der Waals surface area contributed by atoms with Gasteiger partial charge in [0.15, 0.2) is 23.4 Å². The summed E-state index contributed by atoms with van der Waals surface area (Å²) < 4.78 is 15.5. The Balaban J connectivity index is 2.91. The van der Waals surface area contributed by atoms with E-state index in [0.29, 0.717) is 28.7 Å². The van der Waals surface area contributed by atoms with Gasteiger partial charge < -0.3 is 14.2 Å². The van der Waals surface area contributed by atoms with E-state index in [1.807, 2.05) is 6.92 Å². The lowest BCUT2D eigenvalue weighted by Crippen LogP contribution is -2.20. The Bertz CT molecular complexity index is 580. The van der Waals surface area contributed by atoms with E-state index in [1.165, 1.54) is 33.1 Å². The van der Waals surface area contributed by atoms with Gasteiger partial charge >= 0.3 is 5.97 Å². The summed E-state index contributed by atoms with van der Waals surface area (Å²) in [7, 11) is 1.50. The Morgan fingerprint density at radius 3 is 2.59 bits per heavy atom. The van der Waals surface area contributed by atoms with Crippen molar-refractivity contribution in [3.8, 4) is 11.5 Å². The fourth-order valence-electron chi connectivity index (χ4n) is 1.61. The highest BCUT2D eigenvalue weighted by atomic mass is 35.5. The molecule has 0 aliphatic rings. The van der Waals surface area contributed by atoms with Crippen molar-refractivity contribution in [2.45, 2.75) is 26.9 Å². The first kappa shape index (κ1) is 18.0. The molecule has 0 bridgehead atoms. The Hall–Kier alpha value is -2.01.